The molecule has 3 aromatic carbocycles. The van der Waals surface area contributed by atoms with E-state index in [1.54, 1.807) is 18.2 Å². The molecular weight excluding hydrogens is 399 g/mol. The molecule has 30 heavy (non-hydrogen) atoms. The number of carboxylic acid groups (broad SMARTS) is 1. The minimum atomic E-state index is -4.72. The van der Waals surface area contributed by atoms with Crippen LogP contribution in [0.3, 0.4) is 0 Å². The van der Waals surface area contributed by atoms with Crippen molar-refractivity contribution in [3.63, 3.8) is 0 Å². The summed E-state index contributed by atoms with van der Waals surface area (Å²) in [6.45, 7) is 0. The minimum Gasteiger partial charge on any atom is -0.481 e. The summed E-state index contributed by atoms with van der Waals surface area (Å²) in [6, 6.07) is 17.1. The Balaban J connectivity index is 1.94. The predicted octanol–water partition coefficient (Wildman–Crippen LogP) is 5.38. The topological polar surface area (TPSA) is 75.6 Å². The van der Waals surface area contributed by atoms with E-state index in [2.05, 4.69) is 5.32 Å². The zero-order chi connectivity index (χ0) is 21.7. The van der Waals surface area contributed by atoms with Crippen molar-refractivity contribution in [3.05, 3.63) is 89.5 Å². The fraction of sp³-hybridized carbons (Fsp3) is 0.0909. The predicted molar refractivity (Wildman–Crippen MR) is 104 cm³/mol. The van der Waals surface area contributed by atoms with Crippen LogP contribution in [0.15, 0.2) is 72.8 Å². The Labute approximate surface area is 169 Å². The van der Waals surface area contributed by atoms with Crippen LogP contribution in [0.4, 0.5) is 18.9 Å². The highest BCUT2D eigenvalue weighted by atomic mass is 19.4. The van der Waals surface area contributed by atoms with Crippen LogP contribution in [0.25, 0.3) is 0 Å². The van der Waals surface area contributed by atoms with E-state index in [9.17, 15) is 22.8 Å². The zero-order valence-electron chi connectivity index (χ0n) is 15.4. The van der Waals surface area contributed by atoms with E-state index >= 15 is 0 Å². The van der Waals surface area contributed by atoms with Crippen LogP contribution in [-0.2, 0) is 17.4 Å². The summed E-state index contributed by atoms with van der Waals surface area (Å²) < 4.78 is 46.2. The van der Waals surface area contributed by atoms with E-state index in [1.807, 2.05) is 0 Å². The number of amides is 1. The Hall–Kier alpha value is -3.81. The highest BCUT2D eigenvalue weighted by Crippen LogP contribution is 2.41. The Kier molecular flexibility index (Phi) is 6.06. The van der Waals surface area contributed by atoms with Gasteiger partial charge in [-0.05, 0) is 42.0 Å². The lowest BCUT2D eigenvalue weighted by Gasteiger charge is -2.18. The Morgan fingerprint density at radius 3 is 2.17 bits per heavy atom. The lowest BCUT2D eigenvalue weighted by molar-refractivity contribution is -0.137. The third-order valence-corrected chi connectivity index (χ3v) is 4.11. The Morgan fingerprint density at radius 2 is 1.57 bits per heavy atom. The third-order valence-electron chi connectivity index (χ3n) is 4.11. The summed E-state index contributed by atoms with van der Waals surface area (Å²) in [4.78, 5) is 23.2. The van der Waals surface area contributed by atoms with Gasteiger partial charge in [0, 0.05) is 5.56 Å². The van der Waals surface area contributed by atoms with Gasteiger partial charge in [-0.1, -0.05) is 36.4 Å². The number of carbonyl (C=O) groups excluding carboxylic acids is 1. The molecule has 0 bridgehead atoms. The van der Waals surface area contributed by atoms with Gasteiger partial charge in [0.1, 0.15) is 5.75 Å². The Bertz CT molecular complexity index is 1050. The Morgan fingerprint density at radius 1 is 0.900 bits per heavy atom. The van der Waals surface area contributed by atoms with Crippen LogP contribution >= 0.6 is 0 Å². The number of alkyl halides is 3. The molecule has 0 atom stereocenters. The maximum Gasteiger partial charge on any atom is 0.418 e. The summed E-state index contributed by atoms with van der Waals surface area (Å²) in [6.07, 6.45) is -4.91. The number of benzene rings is 3. The van der Waals surface area contributed by atoms with Crippen LogP contribution in [0, 0.1) is 0 Å². The molecule has 0 aromatic heterocycles. The van der Waals surface area contributed by atoms with Crippen LogP contribution in [0.5, 0.6) is 11.5 Å². The lowest BCUT2D eigenvalue weighted by Crippen LogP contribution is -2.17. The van der Waals surface area contributed by atoms with Gasteiger partial charge in [-0.15, -0.1) is 0 Å². The van der Waals surface area contributed by atoms with Crippen molar-refractivity contribution in [2.24, 2.45) is 0 Å². The molecule has 0 unspecified atom stereocenters. The molecule has 0 spiro atoms. The molecular formula is C22H16F3NO4. The molecule has 3 aromatic rings. The lowest BCUT2D eigenvalue weighted by atomic mass is 10.1. The van der Waals surface area contributed by atoms with Crippen molar-refractivity contribution in [3.8, 4) is 11.5 Å². The van der Waals surface area contributed by atoms with Crippen molar-refractivity contribution < 1.29 is 32.6 Å². The summed E-state index contributed by atoms with van der Waals surface area (Å²) in [5.41, 5.74) is -0.852. The number of halogens is 3. The average Bonchev–Trinajstić information content (AvgIpc) is 2.70. The summed E-state index contributed by atoms with van der Waals surface area (Å²) in [5.74, 6) is -1.72. The number of hydrogen-bond acceptors (Lipinski definition) is 3. The number of aliphatic carboxylic acids is 1. The van der Waals surface area contributed by atoms with E-state index in [0.29, 0.717) is 5.56 Å². The first-order chi connectivity index (χ1) is 14.2. The highest BCUT2D eigenvalue weighted by molar-refractivity contribution is 6.05. The monoisotopic (exact) mass is 415 g/mol. The molecule has 2 N–H and O–H groups in total. The van der Waals surface area contributed by atoms with Crippen LogP contribution in [-0.4, -0.2) is 17.0 Å². The molecule has 0 fully saturated rings. The van der Waals surface area contributed by atoms with Gasteiger partial charge in [0.2, 0.25) is 0 Å². The van der Waals surface area contributed by atoms with Crippen molar-refractivity contribution in [2.75, 3.05) is 5.32 Å². The quantitative estimate of drug-likeness (QED) is 0.567. The van der Waals surface area contributed by atoms with Gasteiger partial charge in [0.05, 0.1) is 17.7 Å². The van der Waals surface area contributed by atoms with Crippen molar-refractivity contribution in [1.29, 1.82) is 0 Å². The molecule has 5 nitrogen and oxygen atoms in total. The van der Waals surface area contributed by atoms with E-state index < -0.39 is 29.3 Å². The van der Waals surface area contributed by atoms with E-state index in [4.69, 9.17) is 9.84 Å². The van der Waals surface area contributed by atoms with Gasteiger partial charge in [-0.3, -0.25) is 9.59 Å². The van der Waals surface area contributed by atoms with E-state index in [0.717, 1.165) is 6.07 Å². The molecule has 1 amide bonds. The second-order valence-electron chi connectivity index (χ2n) is 6.31. The molecule has 0 aliphatic rings. The largest absolute Gasteiger partial charge is 0.481 e. The number of anilines is 1. The molecule has 0 saturated heterocycles. The van der Waals surface area contributed by atoms with Crippen LogP contribution in [0.1, 0.15) is 21.5 Å². The van der Waals surface area contributed by atoms with Crippen molar-refractivity contribution >= 4 is 17.6 Å². The van der Waals surface area contributed by atoms with Gasteiger partial charge in [0.15, 0.2) is 5.75 Å². The second kappa shape index (κ2) is 8.69. The minimum absolute atomic E-state index is 0.192. The van der Waals surface area contributed by atoms with E-state index in [1.165, 1.54) is 48.5 Å². The van der Waals surface area contributed by atoms with Gasteiger partial charge in [-0.2, -0.15) is 13.2 Å². The highest BCUT2D eigenvalue weighted by Gasteiger charge is 2.35. The number of rotatable bonds is 6. The van der Waals surface area contributed by atoms with Crippen LogP contribution in [0.2, 0.25) is 0 Å². The second-order valence-corrected chi connectivity index (χ2v) is 6.31. The third kappa shape index (κ3) is 5.16. The number of ether oxygens (including phenoxy) is 1. The maximum absolute atomic E-state index is 13.5. The first-order valence-electron chi connectivity index (χ1n) is 8.79. The fourth-order valence-corrected chi connectivity index (χ4v) is 2.73. The zero-order valence-corrected chi connectivity index (χ0v) is 15.4. The number of para-hydroxylation sites is 1. The van der Waals surface area contributed by atoms with Gasteiger partial charge in [0.25, 0.3) is 5.91 Å². The number of nitrogens with one attached hydrogen (secondary N) is 1. The van der Waals surface area contributed by atoms with E-state index in [-0.39, 0.29) is 23.5 Å². The average molecular weight is 415 g/mol. The molecule has 8 heteroatoms. The summed E-state index contributed by atoms with van der Waals surface area (Å²) in [7, 11) is 0. The SMILES string of the molecule is O=C(O)Cc1ccc(Oc2cccc(C(F)(F)F)c2NC(=O)c2ccccc2)cc1. The van der Waals surface area contributed by atoms with Gasteiger partial charge >= 0.3 is 12.1 Å². The van der Waals surface area contributed by atoms with Crippen LogP contribution < -0.4 is 10.1 Å². The fourth-order valence-electron chi connectivity index (χ4n) is 2.73. The standard InChI is InChI=1S/C22H16F3NO4/c23-22(24,25)17-7-4-8-18(20(17)26-21(29)15-5-2-1-3-6-15)30-16-11-9-14(10-12-16)13-19(27)28/h1-12H,13H2,(H,26,29)(H,27,28). The number of carbonyl (C=O) groups is 2. The van der Waals surface area contributed by atoms with Crippen molar-refractivity contribution in [2.45, 2.75) is 12.6 Å². The number of carboxylic acids is 1. The normalized spacial score (nSPS) is 11.0. The first kappa shape index (κ1) is 20.9. The molecule has 0 heterocycles. The molecule has 0 saturated carbocycles. The number of hydrogen-bond donors (Lipinski definition) is 2. The molecule has 0 aliphatic heterocycles. The molecule has 3 rings (SSSR count). The van der Waals surface area contributed by atoms with Gasteiger partial charge in [-0.25, -0.2) is 0 Å². The smallest absolute Gasteiger partial charge is 0.418 e. The molecule has 0 aliphatic carbocycles. The molecule has 0 radical (unpaired) electrons. The first-order valence-corrected chi connectivity index (χ1v) is 8.79. The molecule has 154 valence electrons. The maximum atomic E-state index is 13.5. The van der Waals surface area contributed by atoms with Gasteiger partial charge < -0.3 is 15.2 Å². The van der Waals surface area contributed by atoms with Crippen molar-refractivity contribution in [1.82, 2.24) is 0 Å². The summed E-state index contributed by atoms with van der Waals surface area (Å²) >= 11 is 0. The summed E-state index contributed by atoms with van der Waals surface area (Å²) in [5, 5.41) is 11.1.